The molecule has 3 aromatic heterocycles. The third-order valence-electron chi connectivity index (χ3n) is 6.34. The molecule has 0 aliphatic carbocycles. The van der Waals surface area contributed by atoms with Crippen LogP contribution in [0.3, 0.4) is 0 Å². The van der Waals surface area contributed by atoms with E-state index >= 15 is 0 Å². The predicted molar refractivity (Wildman–Crippen MR) is 116 cm³/mol. The number of hydrogen-bond acceptors (Lipinski definition) is 6. The van der Waals surface area contributed by atoms with E-state index < -0.39 is 0 Å². The van der Waals surface area contributed by atoms with Crippen molar-refractivity contribution in [1.29, 1.82) is 0 Å². The van der Waals surface area contributed by atoms with Gasteiger partial charge in [-0.05, 0) is 61.9 Å². The number of nitrogens with one attached hydrogen (secondary N) is 1. The van der Waals surface area contributed by atoms with Gasteiger partial charge in [0.2, 0.25) is 5.91 Å². The molecule has 6 heterocycles. The number of carbonyl (C=O) groups is 1. The highest BCUT2D eigenvalue weighted by molar-refractivity contribution is 7.10. The fourth-order valence-electron chi connectivity index (χ4n) is 4.88. The summed E-state index contributed by atoms with van der Waals surface area (Å²) in [5.41, 5.74) is 1.97. The highest BCUT2D eigenvalue weighted by Gasteiger charge is 2.41. The van der Waals surface area contributed by atoms with Crippen LogP contribution in [0.1, 0.15) is 35.2 Å². The average Bonchev–Trinajstić information content (AvgIpc) is 3.46. The van der Waals surface area contributed by atoms with Gasteiger partial charge in [0.1, 0.15) is 11.5 Å². The normalized spacial score (nSPS) is 25.4. The second-order valence-corrected chi connectivity index (χ2v) is 9.33. The summed E-state index contributed by atoms with van der Waals surface area (Å²) in [4.78, 5) is 25.3. The maximum Gasteiger partial charge on any atom is 0.225 e. The van der Waals surface area contributed by atoms with Gasteiger partial charge >= 0.3 is 0 Å². The van der Waals surface area contributed by atoms with Crippen LogP contribution in [0.25, 0.3) is 11.5 Å². The summed E-state index contributed by atoms with van der Waals surface area (Å²) in [5.74, 6) is 2.69. The van der Waals surface area contributed by atoms with Crippen molar-refractivity contribution in [2.75, 3.05) is 19.6 Å². The van der Waals surface area contributed by atoms with E-state index in [1.54, 1.807) is 17.6 Å². The topological polar surface area (TPSA) is 71.3 Å². The van der Waals surface area contributed by atoms with Gasteiger partial charge in [-0.1, -0.05) is 6.07 Å². The number of carbonyl (C=O) groups excluding carboxylic acids is 1. The van der Waals surface area contributed by atoms with Gasteiger partial charge in [-0.3, -0.25) is 9.69 Å². The van der Waals surface area contributed by atoms with Crippen LogP contribution in [0.5, 0.6) is 0 Å². The van der Waals surface area contributed by atoms with E-state index in [-0.39, 0.29) is 5.91 Å². The maximum atomic E-state index is 12.3. The first-order valence-corrected chi connectivity index (χ1v) is 11.5. The molecule has 30 heavy (non-hydrogen) atoms. The van der Waals surface area contributed by atoms with Crippen molar-refractivity contribution in [2.45, 2.75) is 38.1 Å². The molecule has 2 bridgehead atoms. The summed E-state index contributed by atoms with van der Waals surface area (Å²) < 4.78 is 5.55. The molecule has 0 radical (unpaired) electrons. The monoisotopic (exact) mass is 422 g/mol. The number of rotatable bonds is 6. The fraction of sp³-hybridized carbons (Fsp3) is 0.435. The van der Waals surface area contributed by atoms with Crippen molar-refractivity contribution in [3.63, 3.8) is 0 Å². The predicted octanol–water partition coefficient (Wildman–Crippen LogP) is 3.64. The van der Waals surface area contributed by atoms with Crippen molar-refractivity contribution >= 4 is 17.2 Å². The molecule has 1 N–H and O–H groups in total. The third-order valence-corrected chi connectivity index (χ3v) is 7.22. The van der Waals surface area contributed by atoms with Crippen LogP contribution in [0.2, 0.25) is 0 Å². The van der Waals surface area contributed by atoms with Crippen molar-refractivity contribution < 1.29 is 9.21 Å². The number of aryl methyl sites for hydroxylation is 1. The van der Waals surface area contributed by atoms with Crippen molar-refractivity contribution in [3.05, 3.63) is 58.4 Å². The number of hydrogen-bond donors (Lipinski definition) is 1. The van der Waals surface area contributed by atoms with Crippen LogP contribution in [0, 0.1) is 12.8 Å². The molecule has 4 atom stereocenters. The SMILES string of the molecule is Cc1nc(-c2ccco2)cc([C@H]2CN3CC[C@H]2C[C@@H]3CNC(=O)Cc2cccs2)n1. The highest BCUT2D eigenvalue weighted by Crippen LogP contribution is 2.41. The Morgan fingerprint density at radius 3 is 3.00 bits per heavy atom. The van der Waals surface area contributed by atoms with Gasteiger partial charge in [0.15, 0.2) is 5.76 Å². The quantitative estimate of drug-likeness (QED) is 0.657. The van der Waals surface area contributed by atoms with Gasteiger partial charge in [-0.15, -0.1) is 11.3 Å². The molecule has 0 saturated carbocycles. The Hall–Kier alpha value is -2.51. The Balaban J connectivity index is 1.24. The lowest BCUT2D eigenvalue weighted by Crippen LogP contribution is -2.56. The number of amides is 1. The number of piperidine rings is 3. The number of aromatic nitrogens is 2. The summed E-state index contributed by atoms with van der Waals surface area (Å²) in [7, 11) is 0. The minimum Gasteiger partial charge on any atom is -0.463 e. The smallest absolute Gasteiger partial charge is 0.225 e. The number of thiophene rings is 1. The van der Waals surface area contributed by atoms with Crippen LogP contribution in [-0.2, 0) is 11.2 Å². The molecule has 6 rings (SSSR count). The minimum absolute atomic E-state index is 0.117. The van der Waals surface area contributed by atoms with Crippen molar-refractivity contribution in [3.8, 4) is 11.5 Å². The molecule has 7 heteroatoms. The second kappa shape index (κ2) is 8.32. The Morgan fingerprint density at radius 2 is 2.27 bits per heavy atom. The molecule has 6 nitrogen and oxygen atoms in total. The van der Waals surface area contributed by atoms with Gasteiger partial charge < -0.3 is 9.73 Å². The average molecular weight is 423 g/mol. The molecule has 3 fully saturated rings. The molecule has 3 saturated heterocycles. The molecule has 1 unspecified atom stereocenters. The van der Waals surface area contributed by atoms with Gasteiger partial charge in [0.05, 0.1) is 12.7 Å². The van der Waals surface area contributed by atoms with Gasteiger partial charge in [0, 0.05) is 35.6 Å². The fourth-order valence-corrected chi connectivity index (χ4v) is 5.59. The number of furan rings is 1. The second-order valence-electron chi connectivity index (χ2n) is 8.30. The lowest BCUT2D eigenvalue weighted by molar-refractivity contribution is -0.120. The zero-order valence-corrected chi connectivity index (χ0v) is 17.9. The standard InChI is InChI=1S/C23H26N4O2S/c1-15-25-20(12-21(26-15)22-5-2-8-29-22)19-14-27-7-6-16(19)10-17(27)13-24-23(28)11-18-4-3-9-30-18/h2-5,8-9,12,16-17,19H,6-7,10-11,13-14H2,1H3,(H,24,28)/t16-,17+,19-/m0/s1. The summed E-state index contributed by atoms with van der Waals surface area (Å²) in [6.45, 7) is 4.77. The highest BCUT2D eigenvalue weighted by atomic mass is 32.1. The minimum atomic E-state index is 0.117. The van der Waals surface area contributed by atoms with E-state index in [2.05, 4.69) is 21.3 Å². The first-order valence-electron chi connectivity index (χ1n) is 10.6. The lowest BCUT2D eigenvalue weighted by Gasteiger charge is -2.49. The van der Waals surface area contributed by atoms with Crippen molar-refractivity contribution in [2.24, 2.45) is 5.92 Å². The van der Waals surface area contributed by atoms with Crippen molar-refractivity contribution in [1.82, 2.24) is 20.2 Å². The molecule has 156 valence electrons. The molecule has 3 aliphatic heterocycles. The Bertz CT molecular complexity index is 1000. The number of fused-ring (bicyclic) bond motifs is 3. The summed E-state index contributed by atoms with van der Waals surface area (Å²) >= 11 is 1.63. The third kappa shape index (κ3) is 4.04. The first kappa shape index (κ1) is 19.5. The summed E-state index contributed by atoms with van der Waals surface area (Å²) in [6, 6.07) is 10.3. The van der Waals surface area contributed by atoms with Crippen LogP contribution in [0.4, 0.5) is 0 Å². The van der Waals surface area contributed by atoms with E-state index in [9.17, 15) is 4.79 Å². The van der Waals surface area contributed by atoms with E-state index in [1.807, 2.05) is 36.6 Å². The summed E-state index contributed by atoms with van der Waals surface area (Å²) in [6.07, 6.45) is 4.44. The number of nitrogens with zero attached hydrogens (tertiary/aromatic N) is 3. The van der Waals surface area contributed by atoms with E-state index in [1.165, 1.54) is 6.42 Å². The van der Waals surface area contributed by atoms with Crippen LogP contribution in [-0.4, -0.2) is 46.5 Å². The first-order chi connectivity index (χ1) is 14.7. The Labute approximate surface area is 180 Å². The molecule has 3 aliphatic rings. The molecule has 3 aromatic rings. The molecule has 1 amide bonds. The zero-order valence-electron chi connectivity index (χ0n) is 17.1. The van der Waals surface area contributed by atoms with Gasteiger partial charge in [0.25, 0.3) is 0 Å². The molecule has 0 aromatic carbocycles. The largest absolute Gasteiger partial charge is 0.463 e. The Morgan fingerprint density at radius 1 is 1.33 bits per heavy atom. The molecular weight excluding hydrogens is 396 g/mol. The zero-order chi connectivity index (χ0) is 20.5. The molecule has 0 spiro atoms. The van der Waals surface area contributed by atoms with Gasteiger partial charge in [-0.2, -0.15) is 0 Å². The van der Waals surface area contributed by atoms with Crippen LogP contribution in [0.15, 0.2) is 46.4 Å². The summed E-state index contributed by atoms with van der Waals surface area (Å²) in [5, 5.41) is 5.17. The maximum absolute atomic E-state index is 12.3. The van der Waals surface area contributed by atoms with E-state index in [0.29, 0.717) is 24.3 Å². The molecular formula is C23H26N4O2S. The van der Waals surface area contributed by atoms with E-state index in [0.717, 1.165) is 53.9 Å². The lowest BCUT2D eigenvalue weighted by atomic mass is 9.74. The van der Waals surface area contributed by atoms with Crippen LogP contribution >= 0.6 is 11.3 Å². The van der Waals surface area contributed by atoms with Crippen LogP contribution < -0.4 is 5.32 Å². The van der Waals surface area contributed by atoms with E-state index in [4.69, 9.17) is 9.40 Å². The van der Waals surface area contributed by atoms with Gasteiger partial charge in [-0.25, -0.2) is 9.97 Å². The Kier molecular flexibility index (Phi) is 5.39.